The van der Waals surface area contributed by atoms with Crippen molar-refractivity contribution in [3.63, 3.8) is 0 Å². The SMILES string of the molecule is CN1Cc2[nH]c(C3CCCC3)c(Br)c2C1. The Morgan fingerprint density at radius 3 is 2.67 bits per heavy atom. The van der Waals surface area contributed by atoms with Gasteiger partial charge < -0.3 is 4.98 Å². The third-order valence-electron chi connectivity index (χ3n) is 3.77. The van der Waals surface area contributed by atoms with Crippen LogP contribution in [0, 0.1) is 0 Å². The van der Waals surface area contributed by atoms with Gasteiger partial charge in [0.25, 0.3) is 0 Å². The number of halogens is 1. The van der Waals surface area contributed by atoms with Gasteiger partial charge in [-0.3, -0.25) is 4.90 Å². The van der Waals surface area contributed by atoms with Crippen molar-refractivity contribution in [1.82, 2.24) is 9.88 Å². The highest BCUT2D eigenvalue weighted by Gasteiger charge is 2.28. The highest BCUT2D eigenvalue weighted by atomic mass is 79.9. The maximum Gasteiger partial charge on any atom is 0.0433 e. The Labute approximate surface area is 99.2 Å². The number of hydrogen-bond donors (Lipinski definition) is 1. The molecule has 0 aromatic carbocycles. The molecule has 3 heteroatoms. The average molecular weight is 269 g/mol. The van der Waals surface area contributed by atoms with Crippen molar-refractivity contribution < 1.29 is 0 Å². The van der Waals surface area contributed by atoms with Crippen molar-refractivity contribution in [2.24, 2.45) is 0 Å². The van der Waals surface area contributed by atoms with Crippen LogP contribution >= 0.6 is 15.9 Å². The topological polar surface area (TPSA) is 19.0 Å². The number of hydrogen-bond acceptors (Lipinski definition) is 1. The lowest BCUT2D eigenvalue weighted by atomic mass is 10.0. The van der Waals surface area contributed by atoms with Gasteiger partial charge >= 0.3 is 0 Å². The molecule has 1 aromatic heterocycles. The summed E-state index contributed by atoms with van der Waals surface area (Å²) in [5.74, 6) is 0.787. The molecule has 0 spiro atoms. The van der Waals surface area contributed by atoms with E-state index in [1.54, 1.807) is 0 Å². The summed E-state index contributed by atoms with van der Waals surface area (Å²) in [6, 6.07) is 0. The Kier molecular flexibility index (Phi) is 2.40. The Morgan fingerprint density at radius 1 is 1.27 bits per heavy atom. The van der Waals surface area contributed by atoms with Gasteiger partial charge in [-0.25, -0.2) is 0 Å². The number of aromatic nitrogens is 1. The van der Waals surface area contributed by atoms with Gasteiger partial charge in [0.1, 0.15) is 0 Å². The fraction of sp³-hybridized carbons (Fsp3) is 0.667. The smallest absolute Gasteiger partial charge is 0.0433 e. The quantitative estimate of drug-likeness (QED) is 0.828. The van der Waals surface area contributed by atoms with Crippen molar-refractivity contribution in [3.05, 3.63) is 21.4 Å². The average Bonchev–Trinajstić information content (AvgIpc) is 2.84. The molecule has 1 aliphatic heterocycles. The highest BCUT2D eigenvalue weighted by Crippen LogP contribution is 2.41. The summed E-state index contributed by atoms with van der Waals surface area (Å²) in [5, 5.41) is 0. The Hall–Kier alpha value is -0.280. The van der Waals surface area contributed by atoms with Crippen molar-refractivity contribution in [2.45, 2.75) is 44.7 Å². The van der Waals surface area contributed by atoms with Crippen LogP contribution in [0.5, 0.6) is 0 Å². The molecule has 0 radical (unpaired) electrons. The van der Waals surface area contributed by atoms with Gasteiger partial charge in [0.05, 0.1) is 0 Å². The molecule has 1 aromatic rings. The van der Waals surface area contributed by atoms with Crippen LogP contribution in [-0.4, -0.2) is 16.9 Å². The third-order valence-corrected chi connectivity index (χ3v) is 4.68. The maximum absolute atomic E-state index is 3.78. The van der Waals surface area contributed by atoms with Gasteiger partial charge in [0.15, 0.2) is 0 Å². The van der Waals surface area contributed by atoms with E-state index in [4.69, 9.17) is 0 Å². The Balaban J connectivity index is 1.94. The summed E-state index contributed by atoms with van der Waals surface area (Å²) < 4.78 is 1.37. The second kappa shape index (κ2) is 3.63. The van der Waals surface area contributed by atoms with Crippen LogP contribution < -0.4 is 0 Å². The molecule has 1 aliphatic carbocycles. The molecular weight excluding hydrogens is 252 g/mol. The molecular formula is C12H17BrN2. The number of H-pyrrole nitrogens is 1. The van der Waals surface area contributed by atoms with Crippen LogP contribution in [0.1, 0.15) is 48.6 Å². The van der Waals surface area contributed by atoms with Crippen LogP contribution in [0.4, 0.5) is 0 Å². The molecule has 2 aliphatic rings. The Bertz CT molecular complexity index is 377. The van der Waals surface area contributed by atoms with Gasteiger partial charge in [0.2, 0.25) is 0 Å². The molecule has 15 heavy (non-hydrogen) atoms. The van der Waals surface area contributed by atoms with E-state index in [-0.39, 0.29) is 0 Å². The molecule has 1 fully saturated rings. The van der Waals surface area contributed by atoms with E-state index >= 15 is 0 Å². The zero-order valence-electron chi connectivity index (χ0n) is 9.15. The normalized spacial score (nSPS) is 22.5. The van der Waals surface area contributed by atoms with E-state index in [0.29, 0.717) is 0 Å². The van der Waals surface area contributed by atoms with Crippen molar-refractivity contribution in [1.29, 1.82) is 0 Å². The zero-order chi connectivity index (χ0) is 10.4. The molecule has 0 bridgehead atoms. The van der Waals surface area contributed by atoms with Gasteiger partial charge in [0, 0.05) is 40.4 Å². The van der Waals surface area contributed by atoms with Crippen molar-refractivity contribution >= 4 is 15.9 Å². The maximum atomic E-state index is 3.78. The summed E-state index contributed by atoms with van der Waals surface area (Å²) in [6.07, 6.45) is 5.54. The first-order valence-electron chi connectivity index (χ1n) is 5.83. The van der Waals surface area contributed by atoms with Gasteiger partial charge in [-0.05, 0) is 35.8 Å². The van der Waals surface area contributed by atoms with Gasteiger partial charge in [-0.1, -0.05) is 12.8 Å². The van der Waals surface area contributed by atoms with Crippen LogP contribution in [-0.2, 0) is 13.1 Å². The minimum absolute atomic E-state index is 0.787. The molecule has 0 atom stereocenters. The summed E-state index contributed by atoms with van der Waals surface area (Å²) in [4.78, 5) is 6.00. The number of nitrogens with zero attached hydrogens (tertiary/aromatic N) is 1. The molecule has 0 unspecified atom stereocenters. The standard InChI is InChI=1S/C12H17BrN2/c1-15-6-9-10(7-15)14-12(11(9)13)8-4-2-3-5-8/h8,14H,2-7H2,1H3. The van der Waals surface area contributed by atoms with E-state index in [1.807, 2.05) is 0 Å². The fourth-order valence-electron chi connectivity index (χ4n) is 2.98. The second-order valence-corrected chi connectivity index (χ2v) is 5.76. The van der Waals surface area contributed by atoms with Crippen LogP contribution in [0.2, 0.25) is 0 Å². The number of nitrogens with one attached hydrogen (secondary N) is 1. The monoisotopic (exact) mass is 268 g/mol. The third kappa shape index (κ3) is 1.56. The van der Waals surface area contributed by atoms with Gasteiger partial charge in [-0.2, -0.15) is 0 Å². The lowest BCUT2D eigenvalue weighted by Crippen LogP contribution is -2.09. The lowest BCUT2D eigenvalue weighted by molar-refractivity contribution is 0.349. The largest absolute Gasteiger partial charge is 0.360 e. The minimum Gasteiger partial charge on any atom is -0.360 e. The fourth-order valence-corrected chi connectivity index (χ4v) is 3.77. The van der Waals surface area contributed by atoms with E-state index in [1.165, 1.54) is 47.1 Å². The van der Waals surface area contributed by atoms with Crippen molar-refractivity contribution in [2.75, 3.05) is 7.05 Å². The van der Waals surface area contributed by atoms with E-state index in [9.17, 15) is 0 Å². The molecule has 82 valence electrons. The van der Waals surface area contributed by atoms with E-state index < -0.39 is 0 Å². The lowest BCUT2D eigenvalue weighted by Gasteiger charge is -2.11. The first kappa shape index (κ1) is 9.91. The summed E-state index contributed by atoms with van der Waals surface area (Å²) in [5.41, 5.74) is 4.41. The first-order valence-corrected chi connectivity index (χ1v) is 6.62. The number of aromatic amines is 1. The first-order chi connectivity index (χ1) is 7.25. The number of rotatable bonds is 1. The summed E-state index contributed by atoms with van der Waals surface area (Å²) >= 11 is 3.78. The summed E-state index contributed by atoms with van der Waals surface area (Å²) in [7, 11) is 2.18. The molecule has 0 saturated heterocycles. The van der Waals surface area contributed by atoms with E-state index in [2.05, 4.69) is 32.9 Å². The van der Waals surface area contributed by atoms with Crippen LogP contribution in [0.25, 0.3) is 0 Å². The van der Waals surface area contributed by atoms with Crippen LogP contribution in [0.3, 0.4) is 0 Å². The molecule has 3 rings (SSSR count). The predicted octanol–water partition coefficient (Wildman–Crippen LogP) is 3.38. The molecule has 1 saturated carbocycles. The predicted molar refractivity (Wildman–Crippen MR) is 64.9 cm³/mol. The molecule has 2 heterocycles. The van der Waals surface area contributed by atoms with E-state index in [0.717, 1.165) is 19.0 Å². The van der Waals surface area contributed by atoms with Crippen LogP contribution in [0.15, 0.2) is 4.47 Å². The zero-order valence-corrected chi connectivity index (χ0v) is 10.7. The Morgan fingerprint density at radius 2 is 2.00 bits per heavy atom. The second-order valence-electron chi connectivity index (χ2n) is 4.96. The summed E-state index contributed by atoms with van der Waals surface area (Å²) in [6.45, 7) is 2.18. The minimum atomic E-state index is 0.787. The van der Waals surface area contributed by atoms with Crippen molar-refractivity contribution in [3.8, 4) is 0 Å². The highest BCUT2D eigenvalue weighted by molar-refractivity contribution is 9.10. The van der Waals surface area contributed by atoms with Gasteiger partial charge in [-0.15, -0.1) is 0 Å². The molecule has 0 amide bonds. The molecule has 1 N–H and O–H groups in total. The number of fused-ring (bicyclic) bond motifs is 1. The molecule has 2 nitrogen and oxygen atoms in total.